The number of aryl methyl sites for hydroxylation is 1. The molecule has 7 heteroatoms. The van der Waals surface area contributed by atoms with Crippen molar-refractivity contribution in [2.45, 2.75) is 13.5 Å². The standard InChI is InChI=1S/C11H14N6O/c1-2-17-4-3-9(16-17)15-11-8(10(13)18)5-7(12)6-14-11/h3-6H,2,12H2,1H3,(H2,13,18)(H,14,15,16). The summed E-state index contributed by atoms with van der Waals surface area (Å²) in [5, 5.41) is 7.17. The molecule has 0 fully saturated rings. The minimum atomic E-state index is -0.591. The van der Waals surface area contributed by atoms with Gasteiger partial charge in [-0.2, -0.15) is 5.10 Å². The summed E-state index contributed by atoms with van der Waals surface area (Å²) in [6, 6.07) is 3.26. The number of anilines is 3. The molecule has 0 aliphatic carbocycles. The topological polar surface area (TPSA) is 112 Å². The second-order valence-electron chi connectivity index (χ2n) is 3.71. The second kappa shape index (κ2) is 4.74. The number of aromatic nitrogens is 3. The van der Waals surface area contributed by atoms with E-state index in [-0.39, 0.29) is 5.56 Å². The number of hydrogen-bond acceptors (Lipinski definition) is 5. The molecule has 0 unspecified atom stereocenters. The highest BCUT2D eigenvalue weighted by Gasteiger charge is 2.11. The Morgan fingerprint density at radius 1 is 1.56 bits per heavy atom. The van der Waals surface area contributed by atoms with Gasteiger partial charge in [-0.05, 0) is 13.0 Å². The molecular weight excluding hydrogens is 232 g/mol. The molecule has 5 N–H and O–H groups in total. The first-order valence-corrected chi connectivity index (χ1v) is 5.46. The molecule has 2 rings (SSSR count). The van der Waals surface area contributed by atoms with Gasteiger partial charge in [0, 0.05) is 18.8 Å². The molecule has 2 aromatic rings. The number of amides is 1. The summed E-state index contributed by atoms with van der Waals surface area (Å²) in [4.78, 5) is 15.3. The van der Waals surface area contributed by atoms with Gasteiger partial charge in [0.1, 0.15) is 5.82 Å². The number of nitrogen functional groups attached to an aromatic ring is 1. The van der Waals surface area contributed by atoms with E-state index in [0.29, 0.717) is 17.3 Å². The molecule has 0 aliphatic heterocycles. The van der Waals surface area contributed by atoms with Crippen LogP contribution in [0.15, 0.2) is 24.5 Å². The molecule has 2 aromatic heterocycles. The molecule has 0 atom stereocenters. The maximum absolute atomic E-state index is 11.3. The molecule has 0 radical (unpaired) electrons. The first kappa shape index (κ1) is 11.9. The lowest BCUT2D eigenvalue weighted by Crippen LogP contribution is -2.15. The molecule has 1 amide bonds. The van der Waals surface area contributed by atoms with Gasteiger partial charge in [-0.1, -0.05) is 0 Å². The molecule has 0 saturated heterocycles. The monoisotopic (exact) mass is 246 g/mol. The maximum atomic E-state index is 11.3. The minimum absolute atomic E-state index is 0.237. The van der Waals surface area contributed by atoms with Crippen molar-refractivity contribution in [3.05, 3.63) is 30.1 Å². The summed E-state index contributed by atoms with van der Waals surface area (Å²) >= 11 is 0. The van der Waals surface area contributed by atoms with Crippen LogP contribution in [0.5, 0.6) is 0 Å². The highest BCUT2D eigenvalue weighted by Crippen LogP contribution is 2.18. The summed E-state index contributed by atoms with van der Waals surface area (Å²) in [5.74, 6) is 0.349. The van der Waals surface area contributed by atoms with E-state index in [1.54, 1.807) is 10.7 Å². The third-order valence-corrected chi connectivity index (χ3v) is 2.39. The van der Waals surface area contributed by atoms with Gasteiger partial charge in [-0.25, -0.2) is 4.98 Å². The zero-order chi connectivity index (χ0) is 13.1. The van der Waals surface area contributed by atoms with Crippen molar-refractivity contribution >= 4 is 23.2 Å². The number of carbonyl (C=O) groups excluding carboxylic acids is 1. The highest BCUT2D eigenvalue weighted by molar-refractivity contribution is 5.98. The van der Waals surface area contributed by atoms with Crippen molar-refractivity contribution in [2.24, 2.45) is 5.73 Å². The molecule has 2 heterocycles. The van der Waals surface area contributed by atoms with Crippen LogP contribution in [-0.4, -0.2) is 20.7 Å². The SMILES string of the molecule is CCn1ccc(Nc2ncc(N)cc2C(N)=O)n1. The summed E-state index contributed by atoms with van der Waals surface area (Å²) < 4.78 is 1.75. The van der Waals surface area contributed by atoms with Gasteiger partial charge in [0.05, 0.1) is 17.4 Å². The summed E-state index contributed by atoms with van der Waals surface area (Å²) in [7, 11) is 0. The molecule has 0 spiro atoms. The smallest absolute Gasteiger partial charge is 0.252 e. The van der Waals surface area contributed by atoms with E-state index in [1.807, 2.05) is 13.1 Å². The van der Waals surface area contributed by atoms with Crippen LogP contribution in [0.2, 0.25) is 0 Å². The number of primary amides is 1. The van der Waals surface area contributed by atoms with Crippen molar-refractivity contribution in [1.82, 2.24) is 14.8 Å². The Hall–Kier alpha value is -2.57. The molecular formula is C11H14N6O. The van der Waals surface area contributed by atoms with Crippen LogP contribution in [0.25, 0.3) is 0 Å². The quantitative estimate of drug-likeness (QED) is 0.736. The number of nitrogens with one attached hydrogen (secondary N) is 1. The molecule has 0 aliphatic rings. The average Bonchev–Trinajstić information content (AvgIpc) is 2.79. The van der Waals surface area contributed by atoms with E-state index in [9.17, 15) is 4.79 Å². The van der Waals surface area contributed by atoms with Crippen LogP contribution in [0.4, 0.5) is 17.3 Å². The summed E-state index contributed by atoms with van der Waals surface area (Å²) in [6.07, 6.45) is 3.27. The van der Waals surface area contributed by atoms with Gasteiger partial charge in [0.15, 0.2) is 5.82 Å². The Morgan fingerprint density at radius 3 is 2.94 bits per heavy atom. The molecule has 0 saturated carbocycles. The van der Waals surface area contributed by atoms with Gasteiger partial charge in [-0.15, -0.1) is 0 Å². The third kappa shape index (κ3) is 2.40. The van der Waals surface area contributed by atoms with Crippen LogP contribution in [0.3, 0.4) is 0 Å². The Balaban J connectivity index is 2.30. The average molecular weight is 246 g/mol. The third-order valence-electron chi connectivity index (χ3n) is 2.39. The van der Waals surface area contributed by atoms with Crippen molar-refractivity contribution in [2.75, 3.05) is 11.1 Å². The highest BCUT2D eigenvalue weighted by atomic mass is 16.1. The first-order valence-electron chi connectivity index (χ1n) is 5.46. The number of rotatable bonds is 4. The van der Waals surface area contributed by atoms with Crippen LogP contribution >= 0.6 is 0 Å². The molecule has 94 valence electrons. The van der Waals surface area contributed by atoms with E-state index in [2.05, 4.69) is 15.4 Å². The first-order chi connectivity index (χ1) is 8.60. The zero-order valence-electron chi connectivity index (χ0n) is 9.92. The number of carbonyl (C=O) groups is 1. The van der Waals surface area contributed by atoms with Crippen molar-refractivity contribution < 1.29 is 4.79 Å². The Morgan fingerprint density at radius 2 is 2.33 bits per heavy atom. The molecule has 7 nitrogen and oxygen atoms in total. The Bertz CT molecular complexity index is 577. The van der Waals surface area contributed by atoms with Crippen molar-refractivity contribution in [3.8, 4) is 0 Å². The molecule has 0 aromatic carbocycles. The van der Waals surface area contributed by atoms with Crippen LogP contribution in [0.1, 0.15) is 17.3 Å². The van der Waals surface area contributed by atoms with E-state index in [4.69, 9.17) is 11.5 Å². The lowest BCUT2D eigenvalue weighted by Gasteiger charge is -2.07. The normalized spacial score (nSPS) is 10.3. The summed E-state index contributed by atoms with van der Waals surface area (Å²) in [6.45, 7) is 2.74. The predicted octanol–water partition coefficient (Wildman–Crippen LogP) is 0.723. The fraction of sp³-hybridized carbons (Fsp3) is 0.182. The zero-order valence-corrected chi connectivity index (χ0v) is 9.92. The number of pyridine rings is 1. The van der Waals surface area contributed by atoms with Gasteiger partial charge < -0.3 is 16.8 Å². The van der Waals surface area contributed by atoms with Crippen LogP contribution < -0.4 is 16.8 Å². The van der Waals surface area contributed by atoms with Crippen molar-refractivity contribution in [1.29, 1.82) is 0 Å². The second-order valence-corrected chi connectivity index (χ2v) is 3.71. The van der Waals surface area contributed by atoms with E-state index in [0.717, 1.165) is 6.54 Å². The lowest BCUT2D eigenvalue weighted by atomic mass is 10.2. The number of nitrogens with zero attached hydrogens (tertiary/aromatic N) is 3. The number of hydrogen-bond donors (Lipinski definition) is 3. The predicted molar refractivity (Wildman–Crippen MR) is 68.4 cm³/mol. The van der Waals surface area contributed by atoms with Gasteiger partial charge >= 0.3 is 0 Å². The molecule has 0 bridgehead atoms. The van der Waals surface area contributed by atoms with E-state index in [1.165, 1.54) is 12.3 Å². The maximum Gasteiger partial charge on any atom is 0.252 e. The summed E-state index contributed by atoms with van der Waals surface area (Å²) in [5.41, 5.74) is 11.5. The fourth-order valence-electron chi connectivity index (χ4n) is 1.49. The van der Waals surface area contributed by atoms with Crippen LogP contribution in [0, 0.1) is 0 Å². The van der Waals surface area contributed by atoms with Gasteiger partial charge in [0.2, 0.25) is 0 Å². The van der Waals surface area contributed by atoms with Gasteiger partial charge in [0.25, 0.3) is 5.91 Å². The lowest BCUT2D eigenvalue weighted by molar-refractivity contribution is 0.100. The van der Waals surface area contributed by atoms with E-state index < -0.39 is 5.91 Å². The number of nitrogens with two attached hydrogens (primary N) is 2. The van der Waals surface area contributed by atoms with E-state index >= 15 is 0 Å². The minimum Gasteiger partial charge on any atom is -0.397 e. The Labute approximate surface area is 104 Å². The fourth-order valence-corrected chi connectivity index (χ4v) is 1.49. The largest absolute Gasteiger partial charge is 0.397 e. The van der Waals surface area contributed by atoms with Gasteiger partial charge in [-0.3, -0.25) is 9.48 Å². The van der Waals surface area contributed by atoms with Crippen LogP contribution in [-0.2, 0) is 6.54 Å². The molecule has 18 heavy (non-hydrogen) atoms. The Kier molecular flexibility index (Phi) is 3.13. The van der Waals surface area contributed by atoms with Crippen molar-refractivity contribution in [3.63, 3.8) is 0 Å².